The molecule has 0 aromatic heterocycles. The largest absolute Gasteiger partial charge is 0.325 e. The van der Waals surface area contributed by atoms with Crippen molar-refractivity contribution >= 4 is 11.6 Å². The summed E-state index contributed by atoms with van der Waals surface area (Å²) >= 11 is 5.98. The number of hydrogen-bond acceptors (Lipinski definition) is 1. The Kier molecular flexibility index (Phi) is 3.74. The molecule has 1 aliphatic carbocycles. The Morgan fingerprint density at radius 3 is 3.00 bits per heavy atom. The quantitative estimate of drug-likeness (QED) is 0.851. The standard InChI is InChI=1S/C14H19ClFN/c1-10-4-3-7-14(17,8-10)9-11-5-2-6-12(16)13(11)15/h2,5-6,10H,3-4,7-9,17H2,1H3. The van der Waals surface area contributed by atoms with E-state index in [1.165, 1.54) is 12.5 Å². The molecule has 0 bridgehead atoms. The van der Waals surface area contributed by atoms with E-state index in [2.05, 4.69) is 6.92 Å². The smallest absolute Gasteiger partial charge is 0.142 e. The van der Waals surface area contributed by atoms with Gasteiger partial charge in [0.1, 0.15) is 5.82 Å². The van der Waals surface area contributed by atoms with Crippen LogP contribution in [0.5, 0.6) is 0 Å². The first-order valence-electron chi connectivity index (χ1n) is 6.22. The molecule has 0 amide bonds. The van der Waals surface area contributed by atoms with E-state index in [0.717, 1.165) is 24.8 Å². The zero-order valence-corrected chi connectivity index (χ0v) is 10.9. The van der Waals surface area contributed by atoms with E-state index in [1.54, 1.807) is 6.07 Å². The maximum absolute atomic E-state index is 13.4. The Labute approximate surface area is 107 Å². The third-order valence-corrected chi connectivity index (χ3v) is 4.12. The van der Waals surface area contributed by atoms with Crippen molar-refractivity contribution < 1.29 is 4.39 Å². The third-order valence-electron chi connectivity index (χ3n) is 3.70. The fraction of sp³-hybridized carbons (Fsp3) is 0.571. The van der Waals surface area contributed by atoms with Crippen LogP contribution in [-0.4, -0.2) is 5.54 Å². The zero-order chi connectivity index (χ0) is 12.5. The molecule has 0 radical (unpaired) electrons. The second kappa shape index (κ2) is 4.95. The average Bonchev–Trinajstić information content (AvgIpc) is 2.24. The monoisotopic (exact) mass is 255 g/mol. The van der Waals surface area contributed by atoms with Gasteiger partial charge in [-0.2, -0.15) is 0 Å². The van der Waals surface area contributed by atoms with Crippen LogP contribution in [0.15, 0.2) is 18.2 Å². The van der Waals surface area contributed by atoms with Crippen molar-refractivity contribution in [2.75, 3.05) is 0 Å². The second-order valence-corrected chi connectivity index (χ2v) is 5.83. The molecule has 3 heteroatoms. The minimum Gasteiger partial charge on any atom is -0.325 e. The number of benzene rings is 1. The molecule has 2 rings (SSSR count). The number of hydrogen-bond donors (Lipinski definition) is 1. The van der Waals surface area contributed by atoms with Gasteiger partial charge in [0.2, 0.25) is 0 Å². The van der Waals surface area contributed by atoms with E-state index in [9.17, 15) is 4.39 Å². The fourth-order valence-corrected chi connectivity index (χ4v) is 3.12. The summed E-state index contributed by atoms with van der Waals surface area (Å²) in [4.78, 5) is 0. The highest BCUT2D eigenvalue weighted by Gasteiger charge is 2.31. The molecule has 1 aromatic carbocycles. The van der Waals surface area contributed by atoms with Crippen LogP contribution >= 0.6 is 11.6 Å². The first kappa shape index (κ1) is 12.8. The van der Waals surface area contributed by atoms with Crippen LogP contribution in [-0.2, 0) is 6.42 Å². The molecule has 1 saturated carbocycles. The average molecular weight is 256 g/mol. The first-order valence-corrected chi connectivity index (χ1v) is 6.60. The lowest BCUT2D eigenvalue weighted by Crippen LogP contribution is -2.45. The Balaban J connectivity index is 2.17. The van der Waals surface area contributed by atoms with Gasteiger partial charge in [0.25, 0.3) is 0 Å². The summed E-state index contributed by atoms with van der Waals surface area (Å²) in [6, 6.07) is 4.96. The molecule has 1 fully saturated rings. The van der Waals surface area contributed by atoms with E-state index in [1.807, 2.05) is 6.07 Å². The molecule has 1 aromatic rings. The normalized spacial score (nSPS) is 29.3. The van der Waals surface area contributed by atoms with E-state index in [4.69, 9.17) is 17.3 Å². The minimum atomic E-state index is -0.350. The summed E-state index contributed by atoms with van der Waals surface area (Å²) < 4.78 is 13.4. The van der Waals surface area contributed by atoms with E-state index >= 15 is 0 Å². The molecule has 0 heterocycles. The summed E-state index contributed by atoms with van der Waals surface area (Å²) in [5.41, 5.74) is 7.04. The van der Waals surface area contributed by atoms with E-state index in [0.29, 0.717) is 12.3 Å². The predicted octanol–water partition coefficient (Wildman–Crippen LogP) is 3.93. The molecule has 94 valence electrons. The number of nitrogens with two attached hydrogens (primary N) is 1. The molecular formula is C14H19ClFN. The van der Waals surface area contributed by atoms with Gasteiger partial charge in [0.15, 0.2) is 0 Å². The molecule has 0 aliphatic heterocycles. The van der Waals surface area contributed by atoms with Gasteiger partial charge in [-0.15, -0.1) is 0 Å². The summed E-state index contributed by atoms with van der Waals surface area (Å²) in [6.07, 6.45) is 5.08. The van der Waals surface area contributed by atoms with Gasteiger partial charge in [-0.3, -0.25) is 0 Å². The highest BCUT2D eigenvalue weighted by Crippen LogP contribution is 2.34. The van der Waals surface area contributed by atoms with Gasteiger partial charge in [0.05, 0.1) is 5.02 Å². The van der Waals surface area contributed by atoms with Crippen molar-refractivity contribution in [2.24, 2.45) is 11.7 Å². The molecule has 2 N–H and O–H groups in total. The SMILES string of the molecule is CC1CCCC(N)(Cc2cccc(F)c2Cl)C1. The van der Waals surface area contributed by atoms with Crippen molar-refractivity contribution in [1.29, 1.82) is 0 Å². The number of rotatable bonds is 2. The molecule has 1 aliphatic rings. The summed E-state index contributed by atoms with van der Waals surface area (Å²) in [7, 11) is 0. The van der Waals surface area contributed by atoms with Crippen LogP contribution in [0, 0.1) is 11.7 Å². The van der Waals surface area contributed by atoms with Crippen LogP contribution in [0.4, 0.5) is 4.39 Å². The third kappa shape index (κ3) is 2.99. The van der Waals surface area contributed by atoms with Gasteiger partial charge in [-0.05, 0) is 36.8 Å². The maximum atomic E-state index is 13.4. The van der Waals surface area contributed by atoms with Crippen molar-refractivity contribution in [3.63, 3.8) is 0 Å². The molecule has 0 saturated heterocycles. The lowest BCUT2D eigenvalue weighted by atomic mass is 9.74. The Bertz CT molecular complexity index is 407. The molecule has 1 nitrogen and oxygen atoms in total. The van der Waals surface area contributed by atoms with Crippen LogP contribution < -0.4 is 5.73 Å². The van der Waals surface area contributed by atoms with Crippen molar-refractivity contribution in [2.45, 2.75) is 44.6 Å². The zero-order valence-electron chi connectivity index (χ0n) is 10.2. The minimum absolute atomic E-state index is 0.213. The second-order valence-electron chi connectivity index (χ2n) is 5.45. The summed E-state index contributed by atoms with van der Waals surface area (Å²) in [5, 5.41) is 0.232. The maximum Gasteiger partial charge on any atom is 0.142 e. The van der Waals surface area contributed by atoms with E-state index < -0.39 is 0 Å². The van der Waals surface area contributed by atoms with Crippen molar-refractivity contribution in [3.8, 4) is 0 Å². The molecular weight excluding hydrogens is 237 g/mol. The highest BCUT2D eigenvalue weighted by atomic mass is 35.5. The van der Waals surface area contributed by atoms with Gasteiger partial charge in [-0.25, -0.2) is 4.39 Å². The Morgan fingerprint density at radius 1 is 1.53 bits per heavy atom. The lowest BCUT2D eigenvalue weighted by molar-refractivity contribution is 0.235. The first-order chi connectivity index (χ1) is 8.00. The molecule has 2 atom stereocenters. The van der Waals surface area contributed by atoms with Crippen LogP contribution in [0.1, 0.15) is 38.2 Å². The highest BCUT2D eigenvalue weighted by molar-refractivity contribution is 6.31. The van der Waals surface area contributed by atoms with Crippen LogP contribution in [0.2, 0.25) is 5.02 Å². The number of halogens is 2. The Hall–Kier alpha value is -0.600. The van der Waals surface area contributed by atoms with Gasteiger partial charge < -0.3 is 5.73 Å². The summed E-state index contributed by atoms with van der Waals surface area (Å²) in [5.74, 6) is 0.303. The topological polar surface area (TPSA) is 26.0 Å². The van der Waals surface area contributed by atoms with Gasteiger partial charge in [0, 0.05) is 5.54 Å². The molecule has 17 heavy (non-hydrogen) atoms. The molecule has 0 spiro atoms. The fourth-order valence-electron chi connectivity index (χ4n) is 2.93. The predicted molar refractivity (Wildman–Crippen MR) is 69.7 cm³/mol. The molecule has 2 unspecified atom stereocenters. The van der Waals surface area contributed by atoms with E-state index in [-0.39, 0.29) is 16.4 Å². The van der Waals surface area contributed by atoms with Crippen molar-refractivity contribution in [1.82, 2.24) is 0 Å². The van der Waals surface area contributed by atoms with Gasteiger partial charge >= 0.3 is 0 Å². The van der Waals surface area contributed by atoms with Gasteiger partial charge in [-0.1, -0.05) is 43.5 Å². The van der Waals surface area contributed by atoms with Crippen LogP contribution in [0.25, 0.3) is 0 Å². The van der Waals surface area contributed by atoms with Crippen LogP contribution in [0.3, 0.4) is 0 Å². The van der Waals surface area contributed by atoms with Crippen molar-refractivity contribution in [3.05, 3.63) is 34.6 Å². The summed E-state index contributed by atoms with van der Waals surface area (Å²) in [6.45, 7) is 2.23. The lowest BCUT2D eigenvalue weighted by Gasteiger charge is -2.37. The Morgan fingerprint density at radius 2 is 2.29 bits per heavy atom.